The molecular weight excluding hydrogens is 381 g/mol. The smallest absolute Gasteiger partial charge is 0.310 e. The zero-order valence-electron chi connectivity index (χ0n) is 14.4. The molecule has 0 amide bonds. The molecule has 0 unspecified atom stereocenters. The van der Waals surface area contributed by atoms with Gasteiger partial charge in [0, 0.05) is 13.2 Å². The summed E-state index contributed by atoms with van der Waals surface area (Å²) in [6.07, 6.45) is -2.41. The summed E-state index contributed by atoms with van der Waals surface area (Å²) in [5.41, 5.74) is -0.301. The molecule has 27 heavy (non-hydrogen) atoms. The topological polar surface area (TPSA) is 77.7 Å². The number of alkyl halides is 3. The number of hydrogen-bond acceptors (Lipinski definition) is 5. The van der Waals surface area contributed by atoms with Gasteiger partial charge in [-0.3, -0.25) is 0 Å². The van der Waals surface area contributed by atoms with Gasteiger partial charge in [-0.1, -0.05) is 13.5 Å². The van der Waals surface area contributed by atoms with E-state index in [0.717, 1.165) is 6.07 Å². The molecule has 6 nitrogen and oxygen atoms in total. The summed E-state index contributed by atoms with van der Waals surface area (Å²) in [4.78, 5) is 12.2. The molecule has 3 aromatic rings. The van der Waals surface area contributed by atoms with Crippen LogP contribution in [0.2, 0.25) is 0 Å². The Hall–Kier alpha value is -2.75. The minimum Gasteiger partial charge on any atom is -0.310 e. The second-order valence-corrected chi connectivity index (χ2v) is 8.00. The maximum Gasteiger partial charge on any atom is 0.417 e. The van der Waals surface area contributed by atoms with Crippen LogP contribution in [0, 0.1) is 0 Å². The Kier molecular flexibility index (Phi) is 4.54. The zero-order chi connectivity index (χ0) is 20.0. The van der Waals surface area contributed by atoms with Crippen molar-refractivity contribution in [3.8, 4) is 11.5 Å². The molecule has 0 N–H and O–H groups in total. The highest BCUT2D eigenvalue weighted by atomic mass is 32.2. The summed E-state index contributed by atoms with van der Waals surface area (Å²) in [6.45, 7) is 5.10. The second kappa shape index (κ2) is 6.45. The van der Waals surface area contributed by atoms with E-state index in [1.54, 1.807) is 0 Å². The van der Waals surface area contributed by atoms with Gasteiger partial charge in [-0.25, -0.2) is 23.4 Å². The number of hydrogen-bond donors (Lipinski definition) is 0. The van der Waals surface area contributed by atoms with Crippen molar-refractivity contribution in [3.63, 3.8) is 0 Å². The third-order valence-electron chi connectivity index (χ3n) is 4.05. The lowest BCUT2D eigenvalue weighted by molar-refractivity contribution is -0.137. The fraction of sp³-hybridized carbons (Fsp3) is 0.235. The molecule has 0 saturated heterocycles. The van der Waals surface area contributed by atoms with E-state index in [-0.39, 0.29) is 33.3 Å². The van der Waals surface area contributed by atoms with Crippen molar-refractivity contribution in [2.75, 3.05) is 5.75 Å². The molecule has 142 valence electrons. The van der Waals surface area contributed by atoms with Crippen LogP contribution in [0.3, 0.4) is 0 Å². The molecule has 0 radical (unpaired) electrons. The first-order chi connectivity index (χ1) is 12.6. The van der Waals surface area contributed by atoms with Crippen molar-refractivity contribution in [3.05, 3.63) is 42.2 Å². The van der Waals surface area contributed by atoms with E-state index in [1.165, 1.54) is 36.7 Å². The van der Waals surface area contributed by atoms with Crippen LogP contribution in [-0.2, 0) is 23.1 Å². The molecule has 0 aliphatic heterocycles. The van der Waals surface area contributed by atoms with Gasteiger partial charge in [0.05, 0.1) is 21.9 Å². The molecule has 0 aliphatic carbocycles. The Morgan fingerprint density at radius 1 is 1.26 bits per heavy atom. The van der Waals surface area contributed by atoms with E-state index in [4.69, 9.17) is 0 Å². The van der Waals surface area contributed by atoms with Gasteiger partial charge in [0.2, 0.25) is 0 Å². The van der Waals surface area contributed by atoms with Crippen molar-refractivity contribution in [1.29, 1.82) is 0 Å². The number of nitrogens with zero attached hydrogens (tertiary/aromatic N) is 4. The van der Waals surface area contributed by atoms with E-state index in [1.807, 2.05) is 0 Å². The van der Waals surface area contributed by atoms with Crippen LogP contribution in [0.5, 0.6) is 0 Å². The molecule has 0 atom stereocenters. The maximum absolute atomic E-state index is 12.9. The van der Waals surface area contributed by atoms with Gasteiger partial charge in [-0.05, 0) is 24.3 Å². The molecule has 0 spiro atoms. The van der Waals surface area contributed by atoms with Crippen molar-refractivity contribution in [1.82, 2.24) is 19.5 Å². The Labute approximate surface area is 153 Å². The summed E-state index contributed by atoms with van der Waals surface area (Å²) in [5.74, 6) is -0.0530. The zero-order valence-corrected chi connectivity index (χ0v) is 15.3. The fourth-order valence-electron chi connectivity index (χ4n) is 2.58. The molecule has 0 aromatic carbocycles. The van der Waals surface area contributed by atoms with Gasteiger partial charge in [-0.2, -0.15) is 13.2 Å². The van der Waals surface area contributed by atoms with Crippen molar-refractivity contribution < 1.29 is 21.6 Å². The number of imidazole rings is 1. The summed E-state index contributed by atoms with van der Waals surface area (Å²) < 4.78 is 65.1. The lowest BCUT2D eigenvalue weighted by Crippen LogP contribution is -2.09. The summed E-state index contributed by atoms with van der Waals surface area (Å²) in [5, 5.41) is 0. The normalized spacial score (nSPS) is 12.5. The van der Waals surface area contributed by atoms with Crippen LogP contribution in [0.4, 0.5) is 13.2 Å². The van der Waals surface area contributed by atoms with E-state index in [9.17, 15) is 21.6 Å². The minimum atomic E-state index is -4.56. The highest BCUT2D eigenvalue weighted by molar-refractivity contribution is 7.91. The van der Waals surface area contributed by atoms with Crippen LogP contribution in [0.15, 0.2) is 35.9 Å². The van der Waals surface area contributed by atoms with Gasteiger partial charge in [0.1, 0.15) is 11.2 Å². The molecule has 0 fully saturated rings. The first kappa shape index (κ1) is 19.0. The first-order valence-corrected chi connectivity index (χ1v) is 9.50. The number of halogens is 3. The highest BCUT2D eigenvalue weighted by Crippen LogP contribution is 2.32. The summed E-state index contributed by atoms with van der Waals surface area (Å²) in [6, 6.07) is 3.77. The van der Waals surface area contributed by atoms with E-state index < -0.39 is 21.6 Å². The maximum atomic E-state index is 12.9. The molecular formula is C17H15F3N4O2S. The van der Waals surface area contributed by atoms with Gasteiger partial charge in [0.25, 0.3) is 0 Å². The lowest BCUT2D eigenvalue weighted by atomic mass is 10.2. The van der Waals surface area contributed by atoms with Gasteiger partial charge < -0.3 is 4.57 Å². The first-order valence-electron chi connectivity index (χ1n) is 7.84. The third-order valence-corrected chi connectivity index (χ3v) is 5.81. The fourth-order valence-corrected chi connectivity index (χ4v) is 3.60. The predicted octanol–water partition coefficient (Wildman–Crippen LogP) is 3.49. The minimum absolute atomic E-state index is 0.00650. The molecule has 0 aliphatic rings. The Bertz CT molecular complexity index is 1150. The number of fused-ring (bicyclic) bond motifs is 1. The van der Waals surface area contributed by atoms with Crippen molar-refractivity contribution in [2.24, 2.45) is 7.05 Å². The molecule has 0 saturated carbocycles. The summed E-state index contributed by atoms with van der Waals surface area (Å²) >= 11 is 0. The van der Waals surface area contributed by atoms with Crippen molar-refractivity contribution in [2.45, 2.75) is 18.0 Å². The van der Waals surface area contributed by atoms with Crippen LogP contribution in [0.1, 0.15) is 18.2 Å². The molecule has 10 heteroatoms. The van der Waals surface area contributed by atoms with E-state index >= 15 is 0 Å². The SMILES string of the molecule is C=Cc1ccc(S(=O)(=O)CC)c(-c2nc3cc(C(F)(F)F)cnc3n2C)n1. The predicted molar refractivity (Wildman–Crippen MR) is 94.6 cm³/mol. The van der Waals surface area contributed by atoms with Gasteiger partial charge in [0.15, 0.2) is 21.3 Å². The number of pyridine rings is 2. The van der Waals surface area contributed by atoms with E-state index in [0.29, 0.717) is 11.9 Å². The molecule has 3 heterocycles. The summed E-state index contributed by atoms with van der Waals surface area (Å²) in [7, 11) is -2.10. The average molecular weight is 396 g/mol. The molecule has 3 rings (SSSR count). The second-order valence-electron chi connectivity index (χ2n) is 5.75. The number of aromatic nitrogens is 4. The largest absolute Gasteiger partial charge is 0.417 e. The van der Waals surface area contributed by atoms with Crippen LogP contribution >= 0.6 is 0 Å². The Balaban J connectivity index is 2.32. The Morgan fingerprint density at radius 3 is 2.56 bits per heavy atom. The van der Waals surface area contributed by atoms with Crippen LogP contribution in [0.25, 0.3) is 28.8 Å². The van der Waals surface area contributed by atoms with Crippen LogP contribution in [-0.4, -0.2) is 33.7 Å². The monoisotopic (exact) mass is 396 g/mol. The highest BCUT2D eigenvalue weighted by Gasteiger charge is 2.32. The standard InChI is InChI=1S/C17H15F3N4O2S/c1-4-11-6-7-13(27(25,26)5-2)14(22-11)16-23-12-8-10(17(18,19)20)9-21-15(12)24(16)3/h4,6-9H,1,5H2,2-3H3. The molecule has 3 aromatic heterocycles. The van der Waals surface area contributed by atoms with Gasteiger partial charge >= 0.3 is 6.18 Å². The Morgan fingerprint density at radius 2 is 1.96 bits per heavy atom. The van der Waals surface area contributed by atoms with Gasteiger partial charge in [-0.15, -0.1) is 0 Å². The average Bonchev–Trinajstić information content (AvgIpc) is 2.96. The van der Waals surface area contributed by atoms with Crippen molar-refractivity contribution >= 4 is 27.1 Å². The number of aryl methyl sites for hydroxylation is 1. The molecule has 0 bridgehead atoms. The third kappa shape index (κ3) is 3.32. The van der Waals surface area contributed by atoms with Crippen LogP contribution < -0.4 is 0 Å². The number of rotatable bonds is 4. The van der Waals surface area contributed by atoms with E-state index in [2.05, 4.69) is 21.5 Å². The lowest BCUT2D eigenvalue weighted by Gasteiger charge is -2.09. The quantitative estimate of drug-likeness (QED) is 0.675. The number of sulfone groups is 1.